The molecule has 0 radical (unpaired) electrons. The van der Waals surface area contributed by atoms with Gasteiger partial charge in [0.05, 0.1) is 13.1 Å². The van der Waals surface area contributed by atoms with E-state index in [0.29, 0.717) is 13.1 Å². The summed E-state index contributed by atoms with van der Waals surface area (Å²) in [5, 5.41) is 0. The molecule has 0 saturated heterocycles. The Hall–Kier alpha value is -1.24. The first kappa shape index (κ1) is 34.8. The largest absolute Gasteiger partial charge is 0.234 e. The molecule has 0 heterocycles. The molecule has 0 spiro atoms. The van der Waals surface area contributed by atoms with E-state index in [4.69, 9.17) is 0 Å². The summed E-state index contributed by atoms with van der Waals surface area (Å²) in [5.74, 6) is 2.58. The zero-order chi connectivity index (χ0) is 26.5. The fourth-order valence-corrected chi connectivity index (χ4v) is 5.72. The van der Waals surface area contributed by atoms with Crippen LogP contribution in [0.1, 0.15) is 162 Å². The summed E-state index contributed by atoms with van der Waals surface area (Å²) in [6.07, 6.45) is 32.3. The van der Waals surface area contributed by atoms with E-state index < -0.39 is 0 Å². The molecule has 3 atom stereocenters. The number of carbonyl (C=O) groups excluding carboxylic acids is 2. The highest BCUT2D eigenvalue weighted by molar-refractivity contribution is 5.32. The molecule has 0 aliphatic heterocycles. The van der Waals surface area contributed by atoms with Crippen LogP contribution in [0.15, 0.2) is 9.98 Å². The van der Waals surface area contributed by atoms with E-state index in [2.05, 4.69) is 30.8 Å². The van der Waals surface area contributed by atoms with Crippen molar-refractivity contribution in [3.63, 3.8) is 0 Å². The van der Waals surface area contributed by atoms with Crippen molar-refractivity contribution in [1.82, 2.24) is 0 Å². The lowest BCUT2D eigenvalue weighted by atomic mass is 9.75. The number of hydrogen-bond donors (Lipinski definition) is 0. The third-order valence-corrected chi connectivity index (χ3v) is 8.09. The van der Waals surface area contributed by atoms with Crippen LogP contribution >= 0.6 is 0 Å². The predicted octanol–water partition coefficient (Wildman–Crippen LogP) is 10.1. The van der Waals surface area contributed by atoms with Gasteiger partial charge in [-0.3, -0.25) is 0 Å². The molecule has 0 bridgehead atoms. The highest BCUT2D eigenvalue weighted by atomic mass is 16.1. The Morgan fingerprint density at radius 1 is 0.472 bits per heavy atom. The van der Waals surface area contributed by atoms with Crippen molar-refractivity contribution in [3.05, 3.63) is 0 Å². The summed E-state index contributed by atoms with van der Waals surface area (Å²) in [5.41, 5.74) is 0. The molecule has 210 valence electrons. The number of aliphatic imine (C=N–C) groups is 2. The first-order valence-electron chi connectivity index (χ1n) is 15.7. The zero-order valence-corrected chi connectivity index (χ0v) is 24.4. The monoisotopic (exact) mass is 504 g/mol. The van der Waals surface area contributed by atoms with Gasteiger partial charge in [-0.05, 0) is 37.0 Å². The minimum Gasteiger partial charge on any atom is -0.211 e. The van der Waals surface area contributed by atoms with Gasteiger partial charge in [-0.1, -0.05) is 143 Å². The molecule has 3 unspecified atom stereocenters. The van der Waals surface area contributed by atoms with Crippen LogP contribution in [0.3, 0.4) is 0 Å². The third kappa shape index (κ3) is 23.2. The van der Waals surface area contributed by atoms with Gasteiger partial charge in [-0.25, -0.2) is 19.6 Å². The Bertz CT molecular complexity index is 552. The first-order valence-corrected chi connectivity index (χ1v) is 15.7. The van der Waals surface area contributed by atoms with E-state index in [9.17, 15) is 9.59 Å². The SMILES string of the molecule is CCCCCCCC(C)C(CCCCCCCCCN=C=O)C(C)CCCCCCCCCN=C=O. The molecule has 4 nitrogen and oxygen atoms in total. The second kappa shape index (κ2) is 28.3. The van der Waals surface area contributed by atoms with Gasteiger partial charge in [0.2, 0.25) is 12.2 Å². The maximum Gasteiger partial charge on any atom is 0.234 e. The maximum absolute atomic E-state index is 10.1. The van der Waals surface area contributed by atoms with Gasteiger partial charge in [-0.2, -0.15) is 0 Å². The number of unbranched alkanes of at least 4 members (excludes halogenated alkanes) is 16. The van der Waals surface area contributed by atoms with Crippen LogP contribution < -0.4 is 0 Å². The van der Waals surface area contributed by atoms with Crippen molar-refractivity contribution in [2.75, 3.05) is 13.1 Å². The third-order valence-electron chi connectivity index (χ3n) is 8.09. The summed E-state index contributed by atoms with van der Waals surface area (Å²) in [4.78, 5) is 27.5. The Kier molecular flexibility index (Phi) is 27.4. The van der Waals surface area contributed by atoms with Crippen molar-refractivity contribution in [2.24, 2.45) is 27.7 Å². The maximum atomic E-state index is 10.1. The fraction of sp³-hybridized carbons (Fsp3) is 0.938. The molecule has 0 aromatic heterocycles. The summed E-state index contributed by atoms with van der Waals surface area (Å²) in [6.45, 7) is 8.67. The van der Waals surface area contributed by atoms with E-state index in [1.165, 1.54) is 128 Å². The van der Waals surface area contributed by atoms with Gasteiger partial charge in [0.1, 0.15) is 0 Å². The first-order chi connectivity index (χ1) is 17.7. The van der Waals surface area contributed by atoms with Gasteiger partial charge in [0.15, 0.2) is 0 Å². The van der Waals surface area contributed by atoms with Gasteiger partial charge < -0.3 is 0 Å². The highest BCUT2D eigenvalue weighted by Gasteiger charge is 2.22. The molecule has 0 saturated carbocycles. The summed E-state index contributed by atoms with van der Waals surface area (Å²) in [6, 6.07) is 0. The van der Waals surface area contributed by atoms with Crippen molar-refractivity contribution in [3.8, 4) is 0 Å². The van der Waals surface area contributed by atoms with E-state index in [1.807, 2.05) is 0 Å². The van der Waals surface area contributed by atoms with Crippen LogP contribution in [0.2, 0.25) is 0 Å². The topological polar surface area (TPSA) is 58.9 Å². The van der Waals surface area contributed by atoms with Crippen molar-refractivity contribution >= 4 is 12.2 Å². The number of hydrogen-bond acceptors (Lipinski definition) is 4. The predicted molar refractivity (Wildman–Crippen MR) is 155 cm³/mol. The van der Waals surface area contributed by atoms with Gasteiger partial charge in [0.25, 0.3) is 0 Å². The molecule has 36 heavy (non-hydrogen) atoms. The lowest BCUT2D eigenvalue weighted by Gasteiger charge is -2.30. The van der Waals surface area contributed by atoms with E-state index in [-0.39, 0.29) is 0 Å². The molecule has 0 amide bonds. The molecule has 0 aromatic carbocycles. The molecule has 0 N–H and O–H groups in total. The quantitative estimate of drug-likeness (QED) is 0.0604. The molecule has 0 fully saturated rings. The molecular weight excluding hydrogens is 444 g/mol. The average molecular weight is 505 g/mol. The van der Waals surface area contributed by atoms with Gasteiger partial charge in [0, 0.05) is 0 Å². The van der Waals surface area contributed by atoms with E-state index >= 15 is 0 Å². The summed E-state index contributed by atoms with van der Waals surface area (Å²) < 4.78 is 0. The molecule has 0 rings (SSSR count). The Balaban J connectivity index is 4.20. The molecule has 4 heteroatoms. The molecular formula is C32H60N2O2. The van der Waals surface area contributed by atoms with Crippen LogP contribution in [-0.2, 0) is 9.59 Å². The molecule has 0 aromatic rings. The number of nitrogens with zero attached hydrogens (tertiary/aromatic N) is 2. The summed E-state index contributed by atoms with van der Waals surface area (Å²) >= 11 is 0. The minimum absolute atomic E-state index is 0.650. The smallest absolute Gasteiger partial charge is 0.211 e. The van der Waals surface area contributed by atoms with Crippen LogP contribution in [-0.4, -0.2) is 25.2 Å². The Morgan fingerprint density at radius 2 is 0.806 bits per heavy atom. The Morgan fingerprint density at radius 3 is 1.19 bits per heavy atom. The highest BCUT2D eigenvalue weighted by Crippen LogP contribution is 2.33. The van der Waals surface area contributed by atoms with Crippen LogP contribution in [0.25, 0.3) is 0 Å². The van der Waals surface area contributed by atoms with Crippen LogP contribution in [0.4, 0.5) is 0 Å². The molecule has 0 aliphatic rings. The normalized spacial score (nSPS) is 13.5. The molecule has 0 aliphatic carbocycles. The van der Waals surface area contributed by atoms with Crippen LogP contribution in [0.5, 0.6) is 0 Å². The number of isocyanates is 2. The summed E-state index contributed by atoms with van der Waals surface area (Å²) in [7, 11) is 0. The second-order valence-corrected chi connectivity index (χ2v) is 11.3. The van der Waals surface area contributed by atoms with Gasteiger partial charge in [-0.15, -0.1) is 0 Å². The lowest BCUT2D eigenvalue weighted by molar-refractivity contribution is 0.204. The van der Waals surface area contributed by atoms with Crippen LogP contribution in [0, 0.1) is 17.8 Å². The fourth-order valence-electron chi connectivity index (χ4n) is 5.72. The van der Waals surface area contributed by atoms with Crippen molar-refractivity contribution < 1.29 is 9.59 Å². The standard InChI is InChI=1S/C32H60N2O2/c1-4-5-6-13-18-23-30(2)32(25-20-15-10-8-12-17-22-27-34-29-36)31(3)24-19-14-9-7-11-16-21-26-33-28-35/h30-32H,4-27H2,1-3H3. The Labute approximate surface area is 224 Å². The van der Waals surface area contributed by atoms with E-state index in [0.717, 1.165) is 30.6 Å². The lowest BCUT2D eigenvalue weighted by Crippen LogP contribution is -2.20. The zero-order valence-electron chi connectivity index (χ0n) is 24.4. The van der Waals surface area contributed by atoms with E-state index in [1.54, 1.807) is 12.2 Å². The minimum atomic E-state index is 0.650. The van der Waals surface area contributed by atoms with Crippen molar-refractivity contribution in [1.29, 1.82) is 0 Å². The second-order valence-electron chi connectivity index (χ2n) is 11.3. The van der Waals surface area contributed by atoms with Gasteiger partial charge >= 0.3 is 0 Å². The average Bonchev–Trinajstić information content (AvgIpc) is 2.88. The van der Waals surface area contributed by atoms with Crippen molar-refractivity contribution in [2.45, 2.75) is 162 Å². The number of rotatable bonds is 28.